The molecule has 3 amide bonds. The molecule has 0 aromatic heterocycles. The van der Waals surface area contributed by atoms with Crippen molar-refractivity contribution >= 4 is 36.2 Å². The quantitative estimate of drug-likeness (QED) is 0.102. The summed E-state index contributed by atoms with van der Waals surface area (Å²) in [4.78, 5) is 91.9. The number of amides is 3. The normalized spacial score (nSPS) is 30.1. The number of carbonyl (C=O) groups is 6. The predicted molar refractivity (Wildman–Crippen MR) is 340 cm³/mol. The molecule has 0 radical (unpaired) electrons. The number of likely N-dealkylation sites (tertiary alicyclic amines) is 3. The van der Waals surface area contributed by atoms with E-state index in [0.29, 0.717) is 114 Å². The summed E-state index contributed by atoms with van der Waals surface area (Å²) in [6.07, 6.45) is 2.59. The minimum absolute atomic E-state index is 0.0190. The lowest BCUT2D eigenvalue weighted by Gasteiger charge is -3.12. The molecule has 3 saturated heterocycles. The first-order valence-electron chi connectivity index (χ1n) is 33.5. The first-order valence-corrected chi connectivity index (χ1v) is 33.5. The molecule has 0 spiro atoms. The lowest BCUT2D eigenvalue weighted by molar-refractivity contribution is -0.661. The van der Waals surface area contributed by atoms with Crippen LogP contribution in [-0.2, 0) is 68.7 Å². The van der Waals surface area contributed by atoms with Crippen molar-refractivity contribution in [3.8, 4) is 0 Å². The molecular formula is C73H108N4O12. The van der Waals surface area contributed by atoms with Gasteiger partial charge in [-0.05, 0) is 263 Å². The monoisotopic (exact) mass is 1230 g/mol. The second-order valence-corrected chi connectivity index (χ2v) is 35.0. The van der Waals surface area contributed by atoms with Gasteiger partial charge < -0.3 is 43.1 Å². The molecule has 0 N–H and O–H groups in total. The molecule has 6 unspecified atom stereocenters. The van der Waals surface area contributed by atoms with Crippen LogP contribution in [0.15, 0.2) is 48.5 Å². The Hall–Kier alpha value is -5.38. The first-order chi connectivity index (χ1) is 40.9. The molecule has 3 heterocycles. The summed E-state index contributed by atoms with van der Waals surface area (Å²) < 4.78 is 36.1. The molecule has 492 valence electrons. The fraction of sp³-hybridized carbons (Fsp3) is 0.753. The first kappa shape index (κ1) is 66.5. The summed E-state index contributed by atoms with van der Waals surface area (Å²) in [7, 11) is 0. The SMILES string of the molecule is CC(C)(C)OC(=O)[C@@H](CC12C3C4C5C3C1C5(CN(Cc1cccc(CC(C)(C(=O)OC(C)(C)C)[C@H]3CCN(C(=O)OC(C)(C)C)C3)c1)Cc1cccc(CC(C)(C(=O)OC(C)(C)C)[C@H]3CCN(C(=O)OC(C)(C)C)C3)c1)C42)[C@H]1CCN(C(=O)OC(C)(C)C)C1. The van der Waals surface area contributed by atoms with Gasteiger partial charge in [0.1, 0.15) is 33.6 Å². The highest BCUT2D eigenvalue weighted by atomic mass is 16.6. The van der Waals surface area contributed by atoms with Crippen LogP contribution in [0.25, 0.3) is 0 Å². The van der Waals surface area contributed by atoms with E-state index in [0.717, 1.165) is 41.6 Å². The molecule has 89 heavy (non-hydrogen) atoms. The number of carbonyl (C=O) groups excluding carboxylic acids is 6. The van der Waals surface area contributed by atoms with Gasteiger partial charge in [0.2, 0.25) is 0 Å². The molecule has 16 heteroatoms. The van der Waals surface area contributed by atoms with Crippen LogP contribution in [0.5, 0.6) is 0 Å². The molecule has 6 aliphatic carbocycles. The van der Waals surface area contributed by atoms with Gasteiger partial charge in [-0.1, -0.05) is 48.5 Å². The maximum absolute atomic E-state index is 14.6. The van der Waals surface area contributed by atoms with Crippen LogP contribution in [0, 0.1) is 80.8 Å². The highest BCUT2D eigenvalue weighted by Gasteiger charge is 3.09. The molecular weight excluding hydrogens is 1120 g/mol. The van der Waals surface area contributed by atoms with Gasteiger partial charge in [0.05, 0.1) is 16.7 Å². The van der Waals surface area contributed by atoms with Gasteiger partial charge in [-0.2, -0.15) is 0 Å². The summed E-state index contributed by atoms with van der Waals surface area (Å²) in [5, 5.41) is 0. The summed E-state index contributed by atoms with van der Waals surface area (Å²) in [5.41, 5.74) is -1.37. The van der Waals surface area contributed by atoms with Gasteiger partial charge in [-0.15, -0.1) is 0 Å². The summed E-state index contributed by atoms with van der Waals surface area (Å²) >= 11 is 0. The van der Waals surface area contributed by atoms with Gasteiger partial charge in [0.15, 0.2) is 0 Å². The van der Waals surface area contributed by atoms with E-state index < -0.39 is 44.4 Å². The third-order valence-electron chi connectivity index (χ3n) is 21.4. The van der Waals surface area contributed by atoms with Crippen LogP contribution in [0.2, 0.25) is 0 Å². The van der Waals surface area contributed by atoms with Gasteiger partial charge in [0, 0.05) is 58.9 Å². The van der Waals surface area contributed by atoms with Gasteiger partial charge >= 0.3 is 36.2 Å². The van der Waals surface area contributed by atoms with Gasteiger partial charge in [-0.3, -0.25) is 19.3 Å². The van der Waals surface area contributed by atoms with Crippen LogP contribution in [-0.4, -0.2) is 135 Å². The Morgan fingerprint density at radius 3 is 1.22 bits per heavy atom. The molecule has 2 aromatic rings. The van der Waals surface area contributed by atoms with Crippen LogP contribution in [0.3, 0.4) is 0 Å². The van der Waals surface area contributed by atoms with Crippen molar-refractivity contribution in [2.75, 3.05) is 45.8 Å². The van der Waals surface area contributed by atoms with E-state index in [2.05, 4.69) is 53.4 Å². The Bertz CT molecular complexity index is 2910. The van der Waals surface area contributed by atoms with Crippen molar-refractivity contribution in [2.45, 2.75) is 224 Å². The average molecular weight is 1230 g/mol. The minimum Gasteiger partial charge on any atom is -0.460 e. The molecule has 3 aliphatic heterocycles. The average Bonchev–Trinajstić information content (AvgIpc) is 0.720. The predicted octanol–water partition coefficient (Wildman–Crippen LogP) is 13.3. The van der Waals surface area contributed by atoms with Crippen molar-refractivity contribution in [2.24, 2.45) is 80.8 Å². The molecule has 2 aromatic carbocycles. The highest BCUT2D eigenvalue weighted by Crippen LogP contribution is 3.11. The van der Waals surface area contributed by atoms with Crippen molar-refractivity contribution in [3.63, 3.8) is 0 Å². The van der Waals surface area contributed by atoms with E-state index in [-0.39, 0.29) is 70.7 Å². The zero-order chi connectivity index (χ0) is 65.4. The fourth-order valence-corrected chi connectivity index (χ4v) is 18.4. The largest absolute Gasteiger partial charge is 0.460 e. The zero-order valence-electron chi connectivity index (χ0n) is 57.7. The summed E-state index contributed by atoms with van der Waals surface area (Å²) in [6, 6.07) is 17.3. The van der Waals surface area contributed by atoms with Crippen LogP contribution >= 0.6 is 0 Å². The van der Waals surface area contributed by atoms with E-state index in [9.17, 15) is 28.8 Å². The van der Waals surface area contributed by atoms with Crippen molar-refractivity contribution in [3.05, 3.63) is 70.8 Å². The molecule has 11 rings (SSSR count). The second kappa shape index (κ2) is 22.7. The molecule has 6 saturated carbocycles. The summed E-state index contributed by atoms with van der Waals surface area (Å²) in [5.74, 6) is 2.31. The highest BCUT2D eigenvalue weighted by molar-refractivity contribution is 5.79. The Morgan fingerprint density at radius 2 is 0.831 bits per heavy atom. The van der Waals surface area contributed by atoms with Crippen molar-refractivity contribution in [1.29, 1.82) is 0 Å². The van der Waals surface area contributed by atoms with E-state index in [1.165, 1.54) is 0 Å². The number of ether oxygens (including phenoxy) is 6. The third-order valence-corrected chi connectivity index (χ3v) is 21.4. The van der Waals surface area contributed by atoms with E-state index in [1.807, 2.05) is 138 Å². The third kappa shape index (κ3) is 13.0. The van der Waals surface area contributed by atoms with Crippen molar-refractivity contribution in [1.82, 2.24) is 19.6 Å². The minimum atomic E-state index is -0.948. The summed E-state index contributed by atoms with van der Waals surface area (Å²) in [6.45, 7) is 43.1. The smallest absolute Gasteiger partial charge is 0.410 e. The maximum atomic E-state index is 14.6. The van der Waals surface area contributed by atoms with Crippen LogP contribution in [0.4, 0.5) is 14.4 Å². The molecule has 9 aliphatic rings. The molecule has 16 nitrogen and oxygen atoms in total. The molecule has 0 bridgehead atoms. The van der Waals surface area contributed by atoms with E-state index >= 15 is 0 Å². The number of benzene rings is 2. The lowest BCUT2D eigenvalue weighted by atomic mass is 8.91. The second-order valence-electron chi connectivity index (χ2n) is 35.0. The van der Waals surface area contributed by atoms with E-state index in [4.69, 9.17) is 28.4 Å². The topological polar surface area (TPSA) is 171 Å². The maximum Gasteiger partial charge on any atom is 0.410 e. The molecule has 10 atom stereocenters. The van der Waals surface area contributed by atoms with E-state index in [1.54, 1.807) is 14.7 Å². The van der Waals surface area contributed by atoms with Crippen LogP contribution in [0.1, 0.15) is 186 Å². The zero-order valence-corrected chi connectivity index (χ0v) is 57.7. The van der Waals surface area contributed by atoms with Crippen LogP contribution < -0.4 is 0 Å². The molecule has 9 fully saturated rings. The number of nitrogens with zero attached hydrogens (tertiary/aromatic N) is 4. The van der Waals surface area contributed by atoms with Crippen molar-refractivity contribution < 1.29 is 57.2 Å². The Kier molecular flexibility index (Phi) is 17.0. The number of hydrogen-bond acceptors (Lipinski definition) is 13. The number of rotatable bonds is 18. The number of esters is 3. The number of hydrogen-bond donors (Lipinski definition) is 0. The standard InChI is InChI=1S/C73H108N4O12/c1-64(2,3)84-58(78)51(48-27-30-75(40-48)61(81)87-67(10,11)12)37-72-54-52-55-53(54)57(72)73(55,56(52)72)43-74(38-46-25-21-23-44(33-46)35-70(19,59(79)85-65(4,5)6)49-28-31-76(41-49)62(82)88-68(13,14)15)39-47-26-22-24-45(34-47)36-71(20,60(80)86-66(7,8)9)50-29-32-77(42-50)63(83)89-69(16,17)18/h21-26,33-34,48-57H,27-32,35-43H2,1-20H3/t48-,49-,50-,51-,52?,53?,54?,55?,56?,57?,70?,71?,72?,73?/m0/s1. The Morgan fingerprint density at radius 1 is 0.472 bits per heavy atom. The Labute approximate surface area is 531 Å². The van der Waals surface area contributed by atoms with Gasteiger partial charge in [0.25, 0.3) is 0 Å². The fourth-order valence-electron chi connectivity index (χ4n) is 18.4. The lowest BCUT2D eigenvalue weighted by Crippen LogP contribution is -3.10. The van der Waals surface area contributed by atoms with Gasteiger partial charge in [-0.25, -0.2) is 14.4 Å². The Balaban J connectivity index is 0.941.